The van der Waals surface area contributed by atoms with Crippen LogP contribution >= 0.6 is 0 Å². The summed E-state index contributed by atoms with van der Waals surface area (Å²) in [5, 5.41) is 11.3. The lowest BCUT2D eigenvalue weighted by Gasteiger charge is -2.01. The summed E-state index contributed by atoms with van der Waals surface area (Å²) in [4.78, 5) is 3.95. The van der Waals surface area contributed by atoms with E-state index in [2.05, 4.69) is 4.98 Å². The Labute approximate surface area is 75.9 Å². The Kier molecular flexibility index (Phi) is 1.92. The third-order valence-electron chi connectivity index (χ3n) is 1.78. The predicted molar refractivity (Wildman–Crippen MR) is 48.6 cm³/mol. The van der Waals surface area contributed by atoms with E-state index in [1.807, 2.05) is 18.2 Å². The van der Waals surface area contributed by atoms with Gasteiger partial charge in [0.05, 0.1) is 5.56 Å². The normalized spacial score (nSPS) is 9.85. The lowest BCUT2D eigenvalue weighted by molar-refractivity contribution is -0.593. The van der Waals surface area contributed by atoms with E-state index in [1.165, 1.54) is 6.20 Å². The van der Waals surface area contributed by atoms with Gasteiger partial charge in [-0.1, -0.05) is 0 Å². The number of rotatable bonds is 1. The van der Waals surface area contributed by atoms with Crippen LogP contribution in [-0.4, -0.2) is 4.98 Å². The fourth-order valence-electron chi connectivity index (χ4n) is 1.17. The van der Waals surface area contributed by atoms with Gasteiger partial charge in [0.2, 0.25) is 5.69 Å². The van der Waals surface area contributed by atoms with E-state index in [9.17, 15) is 5.21 Å². The summed E-state index contributed by atoms with van der Waals surface area (Å²) in [6, 6.07) is 8.96. The smallest absolute Gasteiger partial charge is 0.225 e. The van der Waals surface area contributed by atoms with Gasteiger partial charge in [0.1, 0.15) is 0 Å². The molecule has 13 heavy (non-hydrogen) atoms. The first-order chi connectivity index (χ1) is 6.38. The number of nitrogens with zero attached hydrogens (tertiary/aromatic N) is 2. The molecule has 0 atom stereocenters. The molecule has 0 aliphatic rings. The van der Waals surface area contributed by atoms with Gasteiger partial charge in [-0.3, -0.25) is 4.98 Å². The first kappa shape index (κ1) is 7.73. The highest BCUT2D eigenvalue weighted by Gasteiger charge is 2.05. The largest absolute Gasteiger partial charge is 0.618 e. The summed E-state index contributed by atoms with van der Waals surface area (Å²) in [5.74, 6) is 0. The molecule has 0 fully saturated rings. The molecule has 2 rings (SSSR count). The van der Waals surface area contributed by atoms with E-state index in [1.54, 1.807) is 24.5 Å². The van der Waals surface area contributed by atoms with E-state index in [-0.39, 0.29) is 0 Å². The Balaban J connectivity index is 2.54. The summed E-state index contributed by atoms with van der Waals surface area (Å²) < 4.78 is 0.830. The van der Waals surface area contributed by atoms with Crippen molar-refractivity contribution in [3.05, 3.63) is 54.1 Å². The van der Waals surface area contributed by atoms with E-state index < -0.39 is 0 Å². The summed E-state index contributed by atoms with van der Waals surface area (Å²) in [6.45, 7) is 0. The van der Waals surface area contributed by atoms with Crippen molar-refractivity contribution in [3.63, 3.8) is 0 Å². The maximum absolute atomic E-state index is 11.3. The van der Waals surface area contributed by atoms with Gasteiger partial charge in [-0.25, -0.2) is 0 Å². The number of aromatic nitrogens is 2. The Morgan fingerprint density at radius 3 is 2.77 bits per heavy atom. The molecule has 0 aromatic carbocycles. The monoisotopic (exact) mass is 172 g/mol. The summed E-state index contributed by atoms with van der Waals surface area (Å²) >= 11 is 0. The van der Waals surface area contributed by atoms with Gasteiger partial charge in [-0.15, -0.1) is 0 Å². The highest BCUT2D eigenvalue weighted by molar-refractivity contribution is 5.53. The van der Waals surface area contributed by atoms with E-state index in [0.29, 0.717) is 5.69 Å². The standard InChI is InChI=1S/C10H8N2O/c13-12-7-2-1-5-10(12)9-4-3-6-11-8-9/h1-8H. The topological polar surface area (TPSA) is 39.8 Å². The van der Waals surface area contributed by atoms with Crippen molar-refractivity contribution in [2.24, 2.45) is 0 Å². The van der Waals surface area contributed by atoms with E-state index in [4.69, 9.17) is 0 Å². The molecular formula is C10H8N2O. The highest BCUT2D eigenvalue weighted by Crippen LogP contribution is 2.11. The van der Waals surface area contributed by atoms with Gasteiger partial charge < -0.3 is 5.21 Å². The number of pyridine rings is 2. The second kappa shape index (κ2) is 3.23. The third kappa shape index (κ3) is 1.49. The summed E-state index contributed by atoms with van der Waals surface area (Å²) in [5.41, 5.74) is 1.45. The maximum Gasteiger partial charge on any atom is 0.225 e. The first-order valence-corrected chi connectivity index (χ1v) is 3.96. The Bertz CT molecular complexity index is 401. The molecule has 0 radical (unpaired) electrons. The van der Waals surface area contributed by atoms with Gasteiger partial charge in [-0.2, -0.15) is 4.73 Å². The third-order valence-corrected chi connectivity index (χ3v) is 1.78. The van der Waals surface area contributed by atoms with Gasteiger partial charge >= 0.3 is 0 Å². The Morgan fingerprint density at radius 1 is 1.15 bits per heavy atom. The molecule has 0 amide bonds. The van der Waals surface area contributed by atoms with Crippen molar-refractivity contribution in [1.29, 1.82) is 0 Å². The van der Waals surface area contributed by atoms with Crippen molar-refractivity contribution in [1.82, 2.24) is 4.98 Å². The highest BCUT2D eigenvalue weighted by atomic mass is 16.5. The minimum Gasteiger partial charge on any atom is -0.618 e. The summed E-state index contributed by atoms with van der Waals surface area (Å²) in [7, 11) is 0. The molecule has 2 aromatic rings. The first-order valence-electron chi connectivity index (χ1n) is 3.96. The molecule has 0 aliphatic heterocycles. The minimum atomic E-state index is 0.621. The molecular weight excluding hydrogens is 164 g/mol. The second-order valence-electron chi connectivity index (χ2n) is 2.65. The molecule has 0 aliphatic carbocycles. The SMILES string of the molecule is [O-][n+]1ccccc1-c1cccnc1. The average Bonchev–Trinajstić information content (AvgIpc) is 2.20. The van der Waals surface area contributed by atoms with Crippen LogP contribution in [0.3, 0.4) is 0 Å². The lowest BCUT2D eigenvalue weighted by Crippen LogP contribution is -2.27. The van der Waals surface area contributed by atoms with Crippen molar-refractivity contribution in [3.8, 4) is 11.3 Å². The van der Waals surface area contributed by atoms with Crippen molar-refractivity contribution in [2.45, 2.75) is 0 Å². The van der Waals surface area contributed by atoms with Gasteiger partial charge in [0.15, 0.2) is 6.20 Å². The molecule has 0 bridgehead atoms. The molecule has 0 saturated carbocycles. The van der Waals surface area contributed by atoms with Crippen LogP contribution in [0, 0.1) is 5.21 Å². The van der Waals surface area contributed by atoms with Crippen molar-refractivity contribution >= 4 is 0 Å². The zero-order chi connectivity index (χ0) is 9.10. The molecule has 2 heterocycles. The van der Waals surface area contributed by atoms with Crippen LogP contribution in [0.25, 0.3) is 11.3 Å². The van der Waals surface area contributed by atoms with Crippen molar-refractivity contribution in [2.75, 3.05) is 0 Å². The number of hydrogen-bond acceptors (Lipinski definition) is 2. The van der Waals surface area contributed by atoms with Crippen LogP contribution in [0.5, 0.6) is 0 Å². The average molecular weight is 172 g/mol. The molecule has 0 saturated heterocycles. The van der Waals surface area contributed by atoms with Crippen LogP contribution < -0.4 is 4.73 Å². The van der Waals surface area contributed by atoms with Gasteiger partial charge in [-0.05, 0) is 18.2 Å². The molecule has 3 heteroatoms. The fourth-order valence-corrected chi connectivity index (χ4v) is 1.17. The molecule has 64 valence electrons. The molecule has 0 unspecified atom stereocenters. The van der Waals surface area contributed by atoms with Crippen LogP contribution in [0.2, 0.25) is 0 Å². The lowest BCUT2D eigenvalue weighted by atomic mass is 10.2. The molecule has 0 N–H and O–H groups in total. The van der Waals surface area contributed by atoms with Crippen LogP contribution in [0.15, 0.2) is 48.9 Å². The zero-order valence-electron chi connectivity index (χ0n) is 6.92. The van der Waals surface area contributed by atoms with E-state index in [0.717, 1.165) is 10.3 Å². The zero-order valence-corrected chi connectivity index (χ0v) is 6.92. The Morgan fingerprint density at radius 2 is 2.08 bits per heavy atom. The Hall–Kier alpha value is -1.90. The predicted octanol–water partition coefficient (Wildman–Crippen LogP) is 1.38. The quantitative estimate of drug-likeness (QED) is 0.481. The van der Waals surface area contributed by atoms with Gasteiger partial charge in [0.25, 0.3) is 0 Å². The molecule has 0 spiro atoms. The van der Waals surface area contributed by atoms with Gasteiger partial charge in [0, 0.05) is 24.5 Å². The second-order valence-corrected chi connectivity index (χ2v) is 2.65. The van der Waals surface area contributed by atoms with Crippen LogP contribution in [0.1, 0.15) is 0 Å². The number of hydrogen-bond donors (Lipinski definition) is 0. The van der Waals surface area contributed by atoms with Crippen LogP contribution in [-0.2, 0) is 0 Å². The van der Waals surface area contributed by atoms with E-state index >= 15 is 0 Å². The minimum absolute atomic E-state index is 0.621. The van der Waals surface area contributed by atoms with Crippen LogP contribution in [0.4, 0.5) is 0 Å². The fraction of sp³-hybridized carbons (Fsp3) is 0. The maximum atomic E-state index is 11.3. The van der Waals surface area contributed by atoms with Crippen molar-refractivity contribution < 1.29 is 4.73 Å². The summed E-state index contributed by atoms with van der Waals surface area (Å²) in [6.07, 6.45) is 4.83. The molecule has 2 aromatic heterocycles. The molecule has 3 nitrogen and oxygen atoms in total.